The van der Waals surface area contributed by atoms with Crippen molar-refractivity contribution >= 4 is 5.82 Å². The summed E-state index contributed by atoms with van der Waals surface area (Å²) in [5.74, 6) is 0.931. The number of aromatic nitrogens is 1. The molecule has 1 N–H and O–H groups in total. The second kappa shape index (κ2) is 4.92. The summed E-state index contributed by atoms with van der Waals surface area (Å²) < 4.78 is 0. The predicted molar refractivity (Wildman–Crippen MR) is 69.4 cm³/mol. The Morgan fingerprint density at radius 1 is 1.22 bits per heavy atom. The van der Waals surface area contributed by atoms with Gasteiger partial charge in [-0.25, -0.2) is 4.98 Å². The Hall–Kier alpha value is -1.64. The number of anilines is 1. The molecule has 1 aromatic rings. The first-order valence-electron chi connectivity index (χ1n) is 6.44. The van der Waals surface area contributed by atoms with Crippen LogP contribution < -0.4 is 10.2 Å². The molecule has 2 saturated heterocycles. The first-order chi connectivity index (χ1) is 8.86. The second-order valence-electron chi connectivity index (χ2n) is 4.83. The van der Waals surface area contributed by atoms with Crippen LogP contribution in [0.2, 0.25) is 0 Å². The summed E-state index contributed by atoms with van der Waals surface area (Å²) in [4.78, 5) is 9.16. The highest BCUT2D eigenvalue weighted by Crippen LogP contribution is 2.16. The summed E-state index contributed by atoms with van der Waals surface area (Å²) in [6, 6.07) is 8.47. The van der Waals surface area contributed by atoms with Crippen molar-refractivity contribution in [2.24, 2.45) is 0 Å². The van der Waals surface area contributed by atoms with Crippen molar-refractivity contribution in [1.82, 2.24) is 15.2 Å². The second-order valence-corrected chi connectivity index (χ2v) is 4.83. The number of pyridine rings is 1. The average molecular weight is 243 g/mol. The Labute approximate surface area is 107 Å². The molecule has 3 rings (SSSR count). The van der Waals surface area contributed by atoms with Crippen LogP contribution in [0.5, 0.6) is 0 Å². The molecule has 0 amide bonds. The Balaban J connectivity index is 1.63. The number of nitrogens with zero attached hydrogens (tertiary/aromatic N) is 4. The molecule has 0 atom stereocenters. The fraction of sp³-hybridized carbons (Fsp3) is 0.538. The average Bonchev–Trinajstić information content (AvgIpc) is 2.38. The minimum Gasteiger partial charge on any atom is -0.354 e. The van der Waals surface area contributed by atoms with Crippen molar-refractivity contribution in [3.8, 4) is 6.07 Å². The van der Waals surface area contributed by atoms with Crippen molar-refractivity contribution < 1.29 is 0 Å². The van der Waals surface area contributed by atoms with Gasteiger partial charge in [-0.15, -0.1) is 0 Å². The lowest BCUT2D eigenvalue weighted by Crippen LogP contribution is -2.61. The molecule has 2 fully saturated rings. The minimum absolute atomic E-state index is 0.498. The smallest absolute Gasteiger partial charge is 0.142 e. The Kier molecular flexibility index (Phi) is 3.13. The summed E-state index contributed by atoms with van der Waals surface area (Å²) in [5.41, 5.74) is 0.498. The van der Waals surface area contributed by atoms with Crippen molar-refractivity contribution in [1.29, 1.82) is 5.26 Å². The molecular weight excluding hydrogens is 226 g/mol. The van der Waals surface area contributed by atoms with E-state index in [0.717, 1.165) is 51.1 Å². The van der Waals surface area contributed by atoms with Gasteiger partial charge in [-0.2, -0.15) is 5.26 Å². The van der Waals surface area contributed by atoms with Gasteiger partial charge in [-0.3, -0.25) is 4.90 Å². The number of piperazine rings is 1. The van der Waals surface area contributed by atoms with E-state index in [1.54, 1.807) is 6.07 Å². The van der Waals surface area contributed by atoms with Crippen molar-refractivity contribution in [2.45, 2.75) is 6.04 Å². The van der Waals surface area contributed by atoms with Crippen LogP contribution >= 0.6 is 0 Å². The normalized spacial score (nSPS) is 21.4. The van der Waals surface area contributed by atoms with E-state index in [0.29, 0.717) is 5.69 Å². The maximum Gasteiger partial charge on any atom is 0.142 e. The van der Waals surface area contributed by atoms with Crippen LogP contribution in [0, 0.1) is 11.3 Å². The highest BCUT2D eigenvalue weighted by Gasteiger charge is 2.27. The summed E-state index contributed by atoms with van der Waals surface area (Å²) in [7, 11) is 0. The Morgan fingerprint density at radius 2 is 2.00 bits per heavy atom. The van der Waals surface area contributed by atoms with Gasteiger partial charge in [0.15, 0.2) is 0 Å². The zero-order chi connectivity index (χ0) is 12.4. The first-order valence-corrected chi connectivity index (χ1v) is 6.44. The Bertz CT molecular complexity index is 455. The van der Waals surface area contributed by atoms with Crippen molar-refractivity contribution in [3.05, 3.63) is 23.9 Å². The molecular formula is C13H17N5. The lowest BCUT2D eigenvalue weighted by atomic mass is 10.1. The van der Waals surface area contributed by atoms with Gasteiger partial charge in [-0.05, 0) is 12.1 Å². The molecule has 2 aliphatic rings. The summed E-state index contributed by atoms with van der Waals surface area (Å²) in [5, 5.41) is 12.2. The van der Waals surface area contributed by atoms with Crippen LogP contribution in [0.1, 0.15) is 5.69 Å². The van der Waals surface area contributed by atoms with Gasteiger partial charge in [-0.1, -0.05) is 6.07 Å². The minimum atomic E-state index is 0.498. The quantitative estimate of drug-likeness (QED) is 0.795. The number of nitriles is 1. The maximum absolute atomic E-state index is 8.87. The Morgan fingerprint density at radius 3 is 2.61 bits per heavy atom. The van der Waals surface area contributed by atoms with Crippen LogP contribution in [0.3, 0.4) is 0 Å². The SMILES string of the molecule is N#Cc1cccc(N2CCN(C3CNC3)CC2)n1. The number of nitrogens with one attached hydrogen (secondary N) is 1. The van der Waals surface area contributed by atoms with E-state index in [1.807, 2.05) is 12.1 Å². The molecule has 5 nitrogen and oxygen atoms in total. The van der Waals surface area contributed by atoms with E-state index in [9.17, 15) is 0 Å². The predicted octanol–water partition coefficient (Wildman–Crippen LogP) is 0.0471. The summed E-state index contributed by atoms with van der Waals surface area (Å²) in [6.45, 7) is 6.43. The fourth-order valence-corrected chi connectivity index (χ4v) is 2.51. The highest BCUT2D eigenvalue weighted by molar-refractivity contribution is 5.42. The van der Waals surface area contributed by atoms with Crippen LogP contribution in [0.4, 0.5) is 5.82 Å². The van der Waals surface area contributed by atoms with Crippen LogP contribution in [0.15, 0.2) is 18.2 Å². The zero-order valence-corrected chi connectivity index (χ0v) is 10.3. The lowest BCUT2D eigenvalue weighted by molar-refractivity contribution is 0.137. The summed E-state index contributed by atoms with van der Waals surface area (Å²) in [6.07, 6.45) is 0. The van der Waals surface area contributed by atoms with Gasteiger partial charge in [0.25, 0.3) is 0 Å². The number of hydrogen-bond acceptors (Lipinski definition) is 5. The van der Waals surface area contributed by atoms with Crippen molar-refractivity contribution in [3.63, 3.8) is 0 Å². The molecule has 0 radical (unpaired) electrons. The third-order valence-corrected chi connectivity index (χ3v) is 3.76. The molecule has 94 valence electrons. The molecule has 0 aliphatic carbocycles. The molecule has 18 heavy (non-hydrogen) atoms. The first kappa shape index (κ1) is 11.5. The third kappa shape index (κ3) is 2.17. The van der Waals surface area contributed by atoms with Gasteiger partial charge >= 0.3 is 0 Å². The molecule has 0 saturated carbocycles. The van der Waals surface area contributed by atoms with Gasteiger partial charge in [0.2, 0.25) is 0 Å². The van der Waals surface area contributed by atoms with Gasteiger partial charge < -0.3 is 10.2 Å². The standard InChI is InChI=1S/C13H17N5/c14-8-11-2-1-3-13(16-11)18-6-4-17(5-7-18)12-9-15-10-12/h1-3,12,15H,4-7,9-10H2. The maximum atomic E-state index is 8.87. The van der Waals surface area contributed by atoms with E-state index in [1.165, 1.54) is 0 Å². The largest absolute Gasteiger partial charge is 0.354 e. The van der Waals surface area contributed by atoms with E-state index in [4.69, 9.17) is 5.26 Å². The van der Waals surface area contributed by atoms with Crippen molar-refractivity contribution in [2.75, 3.05) is 44.2 Å². The van der Waals surface area contributed by atoms with Gasteiger partial charge in [0.05, 0.1) is 0 Å². The molecule has 0 bridgehead atoms. The topological polar surface area (TPSA) is 55.2 Å². The molecule has 2 aliphatic heterocycles. The lowest BCUT2D eigenvalue weighted by Gasteiger charge is -2.43. The number of rotatable bonds is 2. The summed E-state index contributed by atoms with van der Waals surface area (Å²) >= 11 is 0. The van der Waals surface area contributed by atoms with Crippen LogP contribution in [-0.2, 0) is 0 Å². The molecule has 3 heterocycles. The molecule has 0 unspecified atom stereocenters. The molecule has 5 heteroatoms. The van der Waals surface area contributed by atoms with Gasteiger partial charge in [0.1, 0.15) is 17.6 Å². The monoisotopic (exact) mass is 243 g/mol. The van der Waals surface area contributed by atoms with E-state index < -0.39 is 0 Å². The molecule has 1 aromatic heterocycles. The van der Waals surface area contributed by atoms with E-state index in [2.05, 4.69) is 26.2 Å². The molecule has 0 aromatic carbocycles. The zero-order valence-electron chi connectivity index (χ0n) is 10.3. The van der Waals surface area contributed by atoms with Crippen LogP contribution in [0.25, 0.3) is 0 Å². The highest BCUT2D eigenvalue weighted by atomic mass is 15.3. The number of hydrogen-bond donors (Lipinski definition) is 1. The van der Waals surface area contributed by atoms with E-state index >= 15 is 0 Å². The van der Waals surface area contributed by atoms with Gasteiger partial charge in [0, 0.05) is 45.3 Å². The fourth-order valence-electron chi connectivity index (χ4n) is 2.51. The molecule has 0 spiro atoms. The van der Waals surface area contributed by atoms with Crippen LogP contribution in [-0.4, -0.2) is 55.2 Å². The van der Waals surface area contributed by atoms with E-state index in [-0.39, 0.29) is 0 Å². The third-order valence-electron chi connectivity index (χ3n) is 3.76.